The second-order valence-electron chi connectivity index (χ2n) is 2.97. The third kappa shape index (κ3) is 3.42. The lowest BCUT2D eigenvalue weighted by molar-refractivity contribution is -0.141. The highest BCUT2D eigenvalue weighted by Gasteiger charge is 2.21. The fraction of sp³-hybridized carbons (Fsp3) is 0.750. The van der Waals surface area contributed by atoms with E-state index >= 15 is 0 Å². The van der Waals surface area contributed by atoms with Crippen molar-refractivity contribution in [3.63, 3.8) is 0 Å². The number of hydrogen-bond acceptors (Lipinski definition) is 3. The molecule has 1 aliphatic rings. The Morgan fingerprint density at radius 1 is 1.46 bits per heavy atom. The summed E-state index contributed by atoms with van der Waals surface area (Å²) >= 11 is 0. The summed E-state index contributed by atoms with van der Waals surface area (Å²) < 4.78 is 5.17. The molecule has 0 aromatic rings. The van der Waals surface area contributed by atoms with Crippen LogP contribution in [-0.2, 0) is 14.3 Å². The Balaban J connectivity index is 2.25. The molecule has 1 fully saturated rings. The zero-order chi connectivity index (χ0) is 9.68. The van der Waals surface area contributed by atoms with Crippen LogP contribution in [0.5, 0.6) is 0 Å². The van der Waals surface area contributed by atoms with Crippen molar-refractivity contribution in [1.82, 2.24) is 5.32 Å². The van der Waals surface area contributed by atoms with Crippen LogP contribution in [-0.4, -0.2) is 36.2 Å². The lowest BCUT2D eigenvalue weighted by atomic mass is 10.1. The summed E-state index contributed by atoms with van der Waals surface area (Å²) in [5.41, 5.74) is 0. The SMILES string of the molecule is O=C(O)CNC(=O)C1CCCCO1. The first-order valence-electron chi connectivity index (χ1n) is 4.31. The Morgan fingerprint density at radius 2 is 2.23 bits per heavy atom. The van der Waals surface area contributed by atoms with Crippen LogP contribution >= 0.6 is 0 Å². The topological polar surface area (TPSA) is 75.6 Å². The van der Waals surface area contributed by atoms with Crippen molar-refractivity contribution in [3.8, 4) is 0 Å². The van der Waals surface area contributed by atoms with Crippen LogP contribution in [0.2, 0.25) is 0 Å². The average molecular weight is 187 g/mol. The number of nitrogens with one attached hydrogen (secondary N) is 1. The van der Waals surface area contributed by atoms with Crippen molar-refractivity contribution in [2.45, 2.75) is 25.4 Å². The largest absolute Gasteiger partial charge is 0.480 e. The number of amides is 1. The van der Waals surface area contributed by atoms with E-state index in [0.717, 1.165) is 12.8 Å². The highest BCUT2D eigenvalue weighted by Crippen LogP contribution is 2.12. The minimum Gasteiger partial charge on any atom is -0.480 e. The number of hydrogen-bond donors (Lipinski definition) is 2. The zero-order valence-electron chi connectivity index (χ0n) is 7.28. The summed E-state index contributed by atoms with van der Waals surface area (Å²) in [5.74, 6) is -1.36. The Bertz CT molecular complexity index is 198. The van der Waals surface area contributed by atoms with E-state index in [9.17, 15) is 9.59 Å². The molecule has 0 radical (unpaired) electrons. The molecule has 0 aromatic carbocycles. The normalized spacial score (nSPS) is 22.3. The van der Waals surface area contributed by atoms with Crippen molar-refractivity contribution < 1.29 is 19.4 Å². The predicted molar refractivity (Wildman–Crippen MR) is 44.2 cm³/mol. The molecule has 1 rings (SSSR count). The molecule has 5 nitrogen and oxygen atoms in total. The summed E-state index contributed by atoms with van der Waals surface area (Å²) in [7, 11) is 0. The summed E-state index contributed by atoms with van der Waals surface area (Å²) in [6.07, 6.45) is 2.17. The number of carbonyl (C=O) groups excluding carboxylic acids is 1. The number of carboxylic acid groups (broad SMARTS) is 1. The number of rotatable bonds is 3. The first-order valence-corrected chi connectivity index (χ1v) is 4.31. The minimum absolute atomic E-state index is 0.317. The van der Waals surface area contributed by atoms with Gasteiger partial charge in [-0.05, 0) is 19.3 Å². The van der Waals surface area contributed by atoms with Crippen LogP contribution < -0.4 is 5.32 Å². The summed E-state index contributed by atoms with van der Waals surface area (Å²) in [6, 6.07) is 0. The van der Waals surface area contributed by atoms with Crippen molar-refractivity contribution in [3.05, 3.63) is 0 Å². The molecular weight excluding hydrogens is 174 g/mol. The second kappa shape index (κ2) is 4.81. The number of aliphatic carboxylic acids is 1. The van der Waals surface area contributed by atoms with Gasteiger partial charge in [0.15, 0.2) is 0 Å². The fourth-order valence-electron chi connectivity index (χ4n) is 1.22. The van der Waals surface area contributed by atoms with Crippen LogP contribution in [0.4, 0.5) is 0 Å². The van der Waals surface area contributed by atoms with Gasteiger partial charge in [0.05, 0.1) is 0 Å². The van der Waals surface area contributed by atoms with Crippen LogP contribution in [0.15, 0.2) is 0 Å². The van der Waals surface area contributed by atoms with Gasteiger partial charge in [0.2, 0.25) is 5.91 Å². The van der Waals surface area contributed by atoms with Gasteiger partial charge in [-0.15, -0.1) is 0 Å². The molecule has 5 heteroatoms. The van der Waals surface area contributed by atoms with E-state index in [1.54, 1.807) is 0 Å². The Morgan fingerprint density at radius 3 is 2.77 bits per heavy atom. The van der Waals surface area contributed by atoms with Crippen molar-refractivity contribution in [1.29, 1.82) is 0 Å². The Hall–Kier alpha value is -1.10. The molecule has 74 valence electrons. The third-order valence-corrected chi connectivity index (χ3v) is 1.89. The number of carboxylic acids is 1. The lowest BCUT2D eigenvalue weighted by Gasteiger charge is -2.21. The first kappa shape index (κ1) is 9.98. The van der Waals surface area contributed by atoms with Crippen LogP contribution in [0.3, 0.4) is 0 Å². The van der Waals surface area contributed by atoms with Gasteiger partial charge in [-0.3, -0.25) is 9.59 Å². The highest BCUT2D eigenvalue weighted by atomic mass is 16.5. The maximum Gasteiger partial charge on any atom is 0.322 e. The first-order chi connectivity index (χ1) is 6.20. The average Bonchev–Trinajstić information content (AvgIpc) is 2.15. The van der Waals surface area contributed by atoms with E-state index in [4.69, 9.17) is 9.84 Å². The van der Waals surface area contributed by atoms with E-state index in [1.165, 1.54) is 0 Å². The molecule has 1 atom stereocenters. The van der Waals surface area contributed by atoms with Crippen molar-refractivity contribution in [2.24, 2.45) is 0 Å². The maximum absolute atomic E-state index is 11.2. The van der Waals surface area contributed by atoms with Gasteiger partial charge in [-0.2, -0.15) is 0 Å². The van der Waals surface area contributed by atoms with Gasteiger partial charge < -0.3 is 15.2 Å². The summed E-state index contributed by atoms with van der Waals surface area (Å²) in [4.78, 5) is 21.3. The third-order valence-electron chi connectivity index (χ3n) is 1.89. The molecule has 0 aliphatic carbocycles. The van der Waals surface area contributed by atoms with E-state index in [2.05, 4.69) is 5.32 Å². The van der Waals surface area contributed by atoms with Crippen LogP contribution in [0.1, 0.15) is 19.3 Å². The maximum atomic E-state index is 11.2. The molecule has 1 aliphatic heterocycles. The Labute approximate surface area is 76.1 Å². The van der Waals surface area contributed by atoms with Gasteiger partial charge in [-0.25, -0.2) is 0 Å². The van der Waals surface area contributed by atoms with Gasteiger partial charge in [0, 0.05) is 6.61 Å². The molecule has 1 heterocycles. The van der Waals surface area contributed by atoms with Crippen LogP contribution in [0, 0.1) is 0 Å². The van der Waals surface area contributed by atoms with E-state index in [0.29, 0.717) is 13.0 Å². The quantitative estimate of drug-likeness (QED) is 0.639. The molecular formula is C8H13NO4. The zero-order valence-corrected chi connectivity index (χ0v) is 7.28. The highest BCUT2D eigenvalue weighted by molar-refractivity contribution is 5.84. The van der Waals surface area contributed by atoms with Crippen molar-refractivity contribution >= 4 is 11.9 Å². The molecule has 2 N–H and O–H groups in total. The minimum atomic E-state index is -1.04. The molecule has 0 spiro atoms. The van der Waals surface area contributed by atoms with E-state index in [-0.39, 0.29) is 12.5 Å². The monoisotopic (exact) mass is 187 g/mol. The smallest absolute Gasteiger partial charge is 0.322 e. The van der Waals surface area contributed by atoms with E-state index in [1.807, 2.05) is 0 Å². The summed E-state index contributed by atoms with van der Waals surface area (Å²) in [6.45, 7) is 0.254. The summed E-state index contributed by atoms with van der Waals surface area (Å²) in [5, 5.41) is 10.6. The standard InChI is InChI=1S/C8H13NO4/c10-7(11)5-9-8(12)6-3-1-2-4-13-6/h6H,1-5H2,(H,9,12)(H,10,11). The van der Waals surface area contributed by atoms with Gasteiger partial charge >= 0.3 is 5.97 Å². The predicted octanol–water partition coefficient (Wildman–Crippen LogP) is -0.244. The molecule has 1 saturated heterocycles. The molecule has 1 unspecified atom stereocenters. The molecule has 0 bridgehead atoms. The van der Waals surface area contributed by atoms with Gasteiger partial charge in [0.1, 0.15) is 12.6 Å². The number of carbonyl (C=O) groups is 2. The second-order valence-corrected chi connectivity index (χ2v) is 2.97. The van der Waals surface area contributed by atoms with Crippen molar-refractivity contribution in [2.75, 3.05) is 13.2 Å². The van der Waals surface area contributed by atoms with Crippen LogP contribution in [0.25, 0.3) is 0 Å². The fourth-order valence-corrected chi connectivity index (χ4v) is 1.22. The van der Waals surface area contributed by atoms with E-state index < -0.39 is 12.1 Å². The lowest BCUT2D eigenvalue weighted by Crippen LogP contribution is -2.40. The Kier molecular flexibility index (Phi) is 3.70. The van der Waals surface area contributed by atoms with Gasteiger partial charge in [-0.1, -0.05) is 0 Å². The van der Waals surface area contributed by atoms with Gasteiger partial charge in [0.25, 0.3) is 0 Å². The molecule has 0 aromatic heterocycles. The number of ether oxygens (including phenoxy) is 1. The molecule has 0 saturated carbocycles. The molecule has 13 heavy (non-hydrogen) atoms. The molecule has 1 amide bonds.